The number of ether oxygens (including phenoxy) is 2. The number of hydrogen-bond acceptors (Lipinski definition) is 4. The van der Waals surface area contributed by atoms with Gasteiger partial charge in [-0.2, -0.15) is 0 Å². The number of rotatable bonds is 6. The number of likely N-dealkylation sites (tertiary alicyclic amines) is 1. The summed E-state index contributed by atoms with van der Waals surface area (Å²) in [5.74, 6) is 2.03. The zero-order valence-corrected chi connectivity index (χ0v) is 17.6. The SMILES string of the molecule is OC(COc1cccc2c1CCO2)CN1CCC(c2ccc3cc(F)ccc3c2)CC1. The van der Waals surface area contributed by atoms with E-state index in [0.29, 0.717) is 19.1 Å². The quantitative estimate of drug-likeness (QED) is 0.635. The van der Waals surface area contributed by atoms with E-state index in [4.69, 9.17) is 9.47 Å². The Morgan fingerprint density at radius 2 is 1.87 bits per heavy atom. The fourth-order valence-electron chi connectivity index (χ4n) is 4.80. The highest BCUT2D eigenvalue weighted by Crippen LogP contribution is 2.33. The Labute approximate surface area is 182 Å². The number of piperidine rings is 1. The van der Waals surface area contributed by atoms with E-state index in [1.807, 2.05) is 30.3 Å². The van der Waals surface area contributed by atoms with Crippen LogP contribution in [0.1, 0.15) is 29.9 Å². The van der Waals surface area contributed by atoms with Crippen LogP contribution in [-0.4, -0.2) is 49.0 Å². The molecular weight excluding hydrogens is 393 g/mol. The Hall–Kier alpha value is -2.63. The van der Waals surface area contributed by atoms with Crippen molar-refractivity contribution in [1.29, 1.82) is 0 Å². The number of nitrogens with zero attached hydrogens (tertiary/aromatic N) is 1. The lowest BCUT2D eigenvalue weighted by molar-refractivity contribution is 0.0592. The summed E-state index contributed by atoms with van der Waals surface area (Å²) in [6, 6.07) is 17.1. The lowest BCUT2D eigenvalue weighted by atomic mass is 9.88. The first-order chi connectivity index (χ1) is 15.2. The van der Waals surface area contributed by atoms with E-state index in [0.717, 1.165) is 60.2 Å². The number of aliphatic hydroxyl groups excluding tert-OH is 1. The summed E-state index contributed by atoms with van der Waals surface area (Å²) in [4.78, 5) is 2.32. The van der Waals surface area contributed by atoms with Gasteiger partial charge in [-0.15, -0.1) is 0 Å². The molecule has 31 heavy (non-hydrogen) atoms. The van der Waals surface area contributed by atoms with Crippen LogP contribution in [0.15, 0.2) is 54.6 Å². The zero-order chi connectivity index (χ0) is 21.2. The lowest BCUT2D eigenvalue weighted by Crippen LogP contribution is -2.40. The van der Waals surface area contributed by atoms with E-state index in [2.05, 4.69) is 17.0 Å². The van der Waals surface area contributed by atoms with Crippen LogP contribution in [0.2, 0.25) is 0 Å². The summed E-state index contributed by atoms with van der Waals surface area (Å²) < 4.78 is 24.9. The van der Waals surface area contributed by atoms with Crippen LogP contribution in [0.25, 0.3) is 10.8 Å². The summed E-state index contributed by atoms with van der Waals surface area (Å²) >= 11 is 0. The smallest absolute Gasteiger partial charge is 0.126 e. The molecule has 2 aliphatic heterocycles. The van der Waals surface area contributed by atoms with Gasteiger partial charge in [0.2, 0.25) is 0 Å². The molecule has 3 aromatic carbocycles. The topological polar surface area (TPSA) is 41.9 Å². The maximum Gasteiger partial charge on any atom is 0.126 e. The summed E-state index contributed by atoms with van der Waals surface area (Å²) in [7, 11) is 0. The summed E-state index contributed by atoms with van der Waals surface area (Å²) in [6.45, 7) is 3.52. The third-order valence-corrected chi connectivity index (χ3v) is 6.49. The zero-order valence-electron chi connectivity index (χ0n) is 17.6. The molecule has 0 amide bonds. The predicted molar refractivity (Wildman–Crippen MR) is 119 cm³/mol. The minimum atomic E-state index is -0.523. The van der Waals surface area contributed by atoms with Crippen molar-refractivity contribution in [2.75, 3.05) is 32.8 Å². The van der Waals surface area contributed by atoms with Crippen molar-refractivity contribution in [3.63, 3.8) is 0 Å². The Bertz CT molecular complexity index is 1060. The average molecular weight is 422 g/mol. The number of hydrogen-bond donors (Lipinski definition) is 1. The maximum atomic E-state index is 13.4. The van der Waals surface area contributed by atoms with E-state index in [1.54, 1.807) is 6.07 Å². The Morgan fingerprint density at radius 3 is 2.74 bits per heavy atom. The molecule has 5 rings (SSSR count). The Balaban J connectivity index is 1.12. The van der Waals surface area contributed by atoms with Crippen molar-refractivity contribution in [1.82, 2.24) is 4.90 Å². The number of β-amino-alcohol motifs (C(OH)–C–C–N with tert-alkyl or cyclic N) is 1. The molecule has 1 saturated heterocycles. The highest BCUT2D eigenvalue weighted by atomic mass is 19.1. The Morgan fingerprint density at radius 1 is 1.06 bits per heavy atom. The van der Waals surface area contributed by atoms with Crippen LogP contribution in [-0.2, 0) is 6.42 Å². The second-order valence-corrected chi connectivity index (χ2v) is 8.62. The van der Waals surface area contributed by atoms with Gasteiger partial charge in [0.15, 0.2) is 0 Å². The standard InChI is InChI=1S/C26H28FNO3/c27-22-7-6-20-14-19(4-5-21(20)15-22)18-8-11-28(12-9-18)16-23(29)17-31-26-3-1-2-25-24(26)10-13-30-25/h1-7,14-15,18,23,29H,8-13,16-17H2. The molecule has 162 valence electrons. The van der Waals surface area contributed by atoms with E-state index in [-0.39, 0.29) is 12.4 Å². The first kappa shape index (κ1) is 20.3. The van der Waals surface area contributed by atoms with Gasteiger partial charge >= 0.3 is 0 Å². The molecule has 0 aliphatic carbocycles. The van der Waals surface area contributed by atoms with Crippen LogP contribution in [0, 0.1) is 5.82 Å². The summed E-state index contributed by atoms with van der Waals surface area (Å²) in [5.41, 5.74) is 2.43. The monoisotopic (exact) mass is 421 g/mol. The van der Waals surface area contributed by atoms with E-state index in [9.17, 15) is 9.50 Å². The minimum absolute atomic E-state index is 0.193. The summed E-state index contributed by atoms with van der Waals surface area (Å²) in [6.07, 6.45) is 2.46. The molecule has 1 N–H and O–H groups in total. The second-order valence-electron chi connectivity index (χ2n) is 8.62. The van der Waals surface area contributed by atoms with E-state index in [1.165, 1.54) is 11.6 Å². The van der Waals surface area contributed by atoms with Crippen molar-refractivity contribution in [2.45, 2.75) is 31.3 Å². The fraction of sp³-hybridized carbons (Fsp3) is 0.385. The molecule has 0 bridgehead atoms. The van der Waals surface area contributed by atoms with Crippen molar-refractivity contribution in [3.8, 4) is 11.5 Å². The first-order valence-corrected chi connectivity index (χ1v) is 11.1. The molecule has 0 saturated carbocycles. The molecule has 0 radical (unpaired) electrons. The van der Waals surface area contributed by atoms with Gasteiger partial charge in [-0.1, -0.05) is 30.3 Å². The van der Waals surface area contributed by atoms with E-state index < -0.39 is 6.10 Å². The van der Waals surface area contributed by atoms with Crippen LogP contribution in [0.4, 0.5) is 4.39 Å². The predicted octanol–water partition coefficient (Wildman–Crippen LogP) is 4.53. The maximum absolute atomic E-state index is 13.4. The van der Waals surface area contributed by atoms with Gasteiger partial charge in [-0.25, -0.2) is 4.39 Å². The summed E-state index contributed by atoms with van der Waals surface area (Å²) in [5, 5.41) is 12.5. The largest absolute Gasteiger partial charge is 0.493 e. The third-order valence-electron chi connectivity index (χ3n) is 6.49. The lowest BCUT2D eigenvalue weighted by Gasteiger charge is -2.33. The molecule has 0 spiro atoms. The number of benzene rings is 3. The van der Waals surface area contributed by atoms with Gasteiger partial charge in [0.25, 0.3) is 0 Å². The van der Waals surface area contributed by atoms with Gasteiger partial charge < -0.3 is 19.5 Å². The van der Waals surface area contributed by atoms with Crippen LogP contribution >= 0.6 is 0 Å². The number of aliphatic hydroxyl groups is 1. The van der Waals surface area contributed by atoms with Gasteiger partial charge in [-0.3, -0.25) is 0 Å². The van der Waals surface area contributed by atoms with Crippen molar-refractivity contribution < 1.29 is 19.0 Å². The molecule has 3 aromatic rings. The first-order valence-electron chi connectivity index (χ1n) is 11.1. The molecular formula is C26H28FNO3. The van der Waals surface area contributed by atoms with E-state index >= 15 is 0 Å². The molecule has 1 fully saturated rings. The minimum Gasteiger partial charge on any atom is -0.493 e. The van der Waals surface area contributed by atoms with Gasteiger partial charge in [0.05, 0.1) is 6.61 Å². The molecule has 2 heterocycles. The highest BCUT2D eigenvalue weighted by Gasteiger charge is 2.23. The number of fused-ring (bicyclic) bond motifs is 2. The van der Waals surface area contributed by atoms with Crippen molar-refractivity contribution in [2.24, 2.45) is 0 Å². The molecule has 2 aliphatic rings. The second kappa shape index (κ2) is 8.85. The van der Waals surface area contributed by atoms with Gasteiger partial charge in [-0.05, 0) is 72.5 Å². The van der Waals surface area contributed by atoms with Crippen molar-refractivity contribution >= 4 is 10.8 Å². The highest BCUT2D eigenvalue weighted by molar-refractivity contribution is 5.83. The van der Waals surface area contributed by atoms with Crippen molar-refractivity contribution in [3.05, 3.63) is 71.5 Å². The number of halogens is 1. The van der Waals surface area contributed by atoms with Crippen LogP contribution < -0.4 is 9.47 Å². The van der Waals surface area contributed by atoms with Crippen LogP contribution in [0.5, 0.6) is 11.5 Å². The average Bonchev–Trinajstić information content (AvgIpc) is 3.27. The molecule has 1 atom stereocenters. The van der Waals surface area contributed by atoms with Crippen LogP contribution in [0.3, 0.4) is 0 Å². The normalized spacial score (nSPS) is 18.0. The van der Waals surface area contributed by atoms with Gasteiger partial charge in [0, 0.05) is 18.5 Å². The van der Waals surface area contributed by atoms with Gasteiger partial charge in [0.1, 0.15) is 30.0 Å². The molecule has 0 aromatic heterocycles. The fourth-order valence-corrected chi connectivity index (χ4v) is 4.80. The third kappa shape index (κ3) is 4.53. The molecule has 4 nitrogen and oxygen atoms in total. The molecule has 5 heteroatoms. The molecule has 1 unspecified atom stereocenters. The Kier molecular flexibility index (Phi) is 5.79.